The monoisotopic (exact) mass is 660 g/mol. The largest absolute Gasteiger partial charge is 0.294 e. The highest BCUT2D eigenvalue weighted by molar-refractivity contribution is 7.27. The van der Waals surface area contributed by atoms with Crippen LogP contribution in [0.2, 0.25) is 0 Å². The molecule has 0 spiro atoms. The molecule has 0 saturated carbocycles. The Morgan fingerprint density at radius 1 is 0.388 bits per heavy atom. The van der Waals surface area contributed by atoms with E-state index < -0.39 is 0 Å². The number of anilines is 3. The summed E-state index contributed by atoms with van der Waals surface area (Å²) in [4.78, 5) is 7.42. The molecule has 7 aromatic carbocycles. The van der Waals surface area contributed by atoms with Gasteiger partial charge in [0, 0.05) is 53.2 Å². The second kappa shape index (κ2) is 11.4. The lowest BCUT2D eigenvalue weighted by Crippen LogP contribution is -2.11. The maximum atomic E-state index is 5.10. The number of benzene rings is 7. The molecule has 10 aromatic rings. The molecule has 0 bridgehead atoms. The SMILES string of the molecule is c1ccc(-c2ccc(N(c3ccc(-c4cccc5c4sc4ccccc45)cc3)c3nccc4c3sc3c5ccccc5ccc43)cc2)cc1. The first-order valence-electron chi connectivity index (χ1n) is 16.5. The van der Waals surface area contributed by atoms with E-state index >= 15 is 0 Å². The van der Waals surface area contributed by atoms with Crippen molar-refractivity contribution < 1.29 is 0 Å². The van der Waals surface area contributed by atoms with Crippen LogP contribution in [0.3, 0.4) is 0 Å². The number of pyridine rings is 1. The molecular formula is C45H28N2S2. The van der Waals surface area contributed by atoms with E-state index in [2.05, 4.69) is 169 Å². The van der Waals surface area contributed by atoms with Crippen LogP contribution in [-0.2, 0) is 0 Å². The summed E-state index contributed by atoms with van der Waals surface area (Å²) in [6.45, 7) is 0. The molecule has 0 N–H and O–H groups in total. The van der Waals surface area contributed by atoms with Gasteiger partial charge in [0.25, 0.3) is 0 Å². The summed E-state index contributed by atoms with van der Waals surface area (Å²) < 4.78 is 5.13. The van der Waals surface area contributed by atoms with Crippen molar-refractivity contribution >= 4 is 91.0 Å². The highest BCUT2D eigenvalue weighted by Gasteiger charge is 2.21. The number of fused-ring (bicyclic) bond motifs is 8. The Kier molecular flexibility index (Phi) is 6.57. The molecule has 0 amide bonds. The van der Waals surface area contributed by atoms with E-state index in [1.54, 1.807) is 0 Å². The summed E-state index contributed by atoms with van der Waals surface area (Å²) in [5.74, 6) is 0.939. The van der Waals surface area contributed by atoms with E-state index in [0.717, 1.165) is 17.2 Å². The summed E-state index contributed by atoms with van der Waals surface area (Å²) in [5, 5.41) is 7.68. The average molecular weight is 661 g/mol. The maximum absolute atomic E-state index is 5.10. The van der Waals surface area contributed by atoms with Crippen LogP contribution in [0.15, 0.2) is 170 Å². The van der Waals surface area contributed by atoms with Gasteiger partial charge >= 0.3 is 0 Å². The lowest BCUT2D eigenvalue weighted by Gasteiger charge is -2.25. The van der Waals surface area contributed by atoms with E-state index in [9.17, 15) is 0 Å². The van der Waals surface area contributed by atoms with Crippen molar-refractivity contribution in [3.05, 3.63) is 170 Å². The van der Waals surface area contributed by atoms with Crippen LogP contribution in [0.4, 0.5) is 17.2 Å². The minimum absolute atomic E-state index is 0.939. The zero-order valence-corrected chi connectivity index (χ0v) is 28.0. The normalized spacial score (nSPS) is 11.7. The molecule has 2 nitrogen and oxygen atoms in total. The summed E-state index contributed by atoms with van der Waals surface area (Å²) in [6.07, 6.45) is 1.96. The predicted octanol–water partition coefficient (Wildman–Crippen LogP) is 13.8. The van der Waals surface area contributed by atoms with Crippen molar-refractivity contribution in [3.63, 3.8) is 0 Å². The number of nitrogens with zero attached hydrogens (tertiary/aromatic N) is 2. The van der Waals surface area contributed by atoms with Crippen molar-refractivity contribution in [2.45, 2.75) is 0 Å². The van der Waals surface area contributed by atoms with Gasteiger partial charge in [-0.1, -0.05) is 127 Å². The van der Waals surface area contributed by atoms with Crippen LogP contribution < -0.4 is 4.90 Å². The van der Waals surface area contributed by atoms with Crippen molar-refractivity contribution in [3.8, 4) is 22.3 Å². The number of hydrogen-bond acceptors (Lipinski definition) is 4. The molecule has 0 saturated heterocycles. The topological polar surface area (TPSA) is 16.1 Å². The number of aromatic nitrogens is 1. The molecular weight excluding hydrogens is 633 g/mol. The first kappa shape index (κ1) is 28.2. The van der Waals surface area contributed by atoms with Gasteiger partial charge in [-0.15, -0.1) is 22.7 Å². The van der Waals surface area contributed by atoms with Crippen molar-refractivity contribution in [1.82, 2.24) is 4.98 Å². The Hall–Kier alpha value is -5.81. The smallest absolute Gasteiger partial charge is 0.155 e. The molecule has 3 aromatic heterocycles. The van der Waals surface area contributed by atoms with E-state index in [1.807, 2.05) is 28.9 Å². The van der Waals surface area contributed by atoms with Gasteiger partial charge in [-0.05, 0) is 69.4 Å². The summed E-state index contributed by atoms with van der Waals surface area (Å²) in [6, 6.07) is 59.2. The Morgan fingerprint density at radius 2 is 1.02 bits per heavy atom. The van der Waals surface area contributed by atoms with Gasteiger partial charge in [-0.25, -0.2) is 4.98 Å². The van der Waals surface area contributed by atoms with Crippen LogP contribution in [0.25, 0.3) is 73.4 Å². The first-order chi connectivity index (χ1) is 24.3. The Labute approximate surface area is 291 Å². The third kappa shape index (κ3) is 4.64. The van der Waals surface area contributed by atoms with Gasteiger partial charge in [0.2, 0.25) is 0 Å². The molecule has 230 valence electrons. The minimum Gasteiger partial charge on any atom is -0.294 e. The van der Waals surface area contributed by atoms with Gasteiger partial charge < -0.3 is 0 Å². The zero-order valence-electron chi connectivity index (χ0n) is 26.4. The number of hydrogen-bond donors (Lipinski definition) is 0. The second-order valence-electron chi connectivity index (χ2n) is 12.4. The summed E-state index contributed by atoms with van der Waals surface area (Å²) in [7, 11) is 0. The first-order valence-corrected chi connectivity index (χ1v) is 18.1. The van der Waals surface area contributed by atoms with E-state index in [1.165, 1.54) is 73.4 Å². The average Bonchev–Trinajstić information content (AvgIpc) is 3.75. The lowest BCUT2D eigenvalue weighted by atomic mass is 10.0. The molecule has 0 atom stereocenters. The van der Waals surface area contributed by atoms with Crippen LogP contribution in [0, 0.1) is 0 Å². The molecule has 3 heterocycles. The molecule has 4 heteroatoms. The van der Waals surface area contributed by atoms with E-state index in [0.29, 0.717) is 0 Å². The molecule has 0 fully saturated rings. The van der Waals surface area contributed by atoms with Gasteiger partial charge in [-0.2, -0.15) is 0 Å². The molecule has 0 aliphatic heterocycles. The fourth-order valence-electron chi connectivity index (χ4n) is 7.17. The number of thiophene rings is 2. The minimum atomic E-state index is 0.939. The Morgan fingerprint density at radius 3 is 1.84 bits per heavy atom. The quantitative estimate of drug-likeness (QED) is 0.183. The second-order valence-corrected chi connectivity index (χ2v) is 14.4. The molecule has 0 radical (unpaired) electrons. The standard InChI is InChI=1S/C45H28N2S2/c1-2-9-29(10-3-1)30-17-22-33(23-18-30)47(45-44-40(27-28-46-45)39-26-21-31-11-4-5-12-35(31)43(39)49-44)34-24-19-32(20-25-34)36-14-8-15-38-37-13-6-7-16-41(37)48-42(36)38/h1-28H. The van der Waals surface area contributed by atoms with E-state index in [4.69, 9.17) is 4.98 Å². The Bertz CT molecular complexity index is 2810. The van der Waals surface area contributed by atoms with Gasteiger partial charge in [0.05, 0.1) is 4.70 Å². The highest BCUT2D eigenvalue weighted by atomic mass is 32.1. The molecule has 0 aliphatic carbocycles. The molecule has 49 heavy (non-hydrogen) atoms. The predicted molar refractivity (Wildman–Crippen MR) is 213 cm³/mol. The maximum Gasteiger partial charge on any atom is 0.155 e. The molecule has 0 aliphatic rings. The summed E-state index contributed by atoms with van der Waals surface area (Å²) in [5.41, 5.74) is 7.01. The van der Waals surface area contributed by atoms with Crippen molar-refractivity contribution in [1.29, 1.82) is 0 Å². The molecule has 10 rings (SSSR count). The third-order valence-corrected chi connectivity index (χ3v) is 12.0. The van der Waals surface area contributed by atoms with Gasteiger partial charge in [0.15, 0.2) is 5.82 Å². The highest BCUT2D eigenvalue weighted by Crippen LogP contribution is 2.46. The van der Waals surface area contributed by atoms with E-state index in [-0.39, 0.29) is 0 Å². The lowest BCUT2D eigenvalue weighted by molar-refractivity contribution is 1.20. The van der Waals surface area contributed by atoms with Crippen LogP contribution in [0.5, 0.6) is 0 Å². The van der Waals surface area contributed by atoms with Gasteiger partial charge in [-0.3, -0.25) is 4.90 Å². The van der Waals surface area contributed by atoms with Crippen molar-refractivity contribution in [2.24, 2.45) is 0 Å². The Balaban J connectivity index is 1.15. The van der Waals surface area contributed by atoms with Crippen LogP contribution >= 0.6 is 22.7 Å². The number of rotatable bonds is 5. The fraction of sp³-hybridized carbons (Fsp3) is 0. The fourth-order valence-corrected chi connectivity index (χ4v) is 9.72. The van der Waals surface area contributed by atoms with Crippen LogP contribution in [0.1, 0.15) is 0 Å². The molecule has 0 unspecified atom stereocenters. The van der Waals surface area contributed by atoms with Crippen molar-refractivity contribution in [2.75, 3.05) is 4.90 Å². The third-order valence-electron chi connectivity index (χ3n) is 9.54. The summed E-state index contributed by atoms with van der Waals surface area (Å²) >= 11 is 3.71. The zero-order chi connectivity index (χ0) is 32.3. The van der Waals surface area contributed by atoms with Crippen LogP contribution in [-0.4, -0.2) is 4.98 Å². The van der Waals surface area contributed by atoms with Gasteiger partial charge in [0.1, 0.15) is 0 Å².